The van der Waals surface area contributed by atoms with Gasteiger partial charge in [0, 0.05) is 6.20 Å². The molecule has 3 aromatic rings. The molecule has 0 saturated carbocycles. The zero-order valence-corrected chi connectivity index (χ0v) is 10.5. The van der Waals surface area contributed by atoms with Crippen molar-refractivity contribution in [1.82, 2.24) is 19.7 Å². The molecule has 20 heavy (non-hydrogen) atoms. The Morgan fingerprint density at radius 1 is 1.15 bits per heavy atom. The van der Waals surface area contributed by atoms with Crippen molar-refractivity contribution in [3.63, 3.8) is 0 Å². The van der Waals surface area contributed by atoms with Crippen LogP contribution in [0.25, 0.3) is 5.69 Å². The minimum Gasteiger partial charge on any atom is -0.380 e. The predicted molar refractivity (Wildman–Crippen MR) is 72.5 cm³/mol. The van der Waals surface area contributed by atoms with E-state index >= 15 is 0 Å². The van der Waals surface area contributed by atoms with Crippen LogP contribution < -0.4 is 5.69 Å². The Morgan fingerprint density at radius 3 is 2.65 bits per heavy atom. The monoisotopic (exact) mass is 268 g/mol. The Hall–Kier alpha value is -2.73. The lowest BCUT2D eigenvalue weighted by atomic mass is 10.1. The van der Waals surface area contributed by atoms with Gasteiger partial charge in [0.25, 0.3) is 0 Å². The molecule has 0 aliphatic carbocycles. The van der Waals surface area contributed by atoms with Crippen LogP contribution >= 0.6 is 0 Å². The summed E-state index contributed by atoms with van der Waals surface area (Å²) in [4.78, 5) is 15.9. The highest BCUT2D eigenvalue weighted by Crippen LogP contribution is 2.20. The van der Waals surface area contributed by atoms with Crippen LogP contribution in [-0.2, 0) is 0 Å². The molecule has 2 heterocycles. The molecule has 0 saturated heterocycles. The fraction of sp³-hybridized carbons (Fsp3) is 0.0714. The number of nitrogens with one attached hydrogen (secondary N) is 1. The molecule has 0 amide bonds. The third-order valence-corrected chi connectivity index (χ3v) is 2.96. The average Bonchev–Trinajstić information content (AvgIpc) is 2.90. The SMILES string of the molecule is O=c1[nH]nc([C@H](O)c2ccccc2)n1-c1cccnc1. The predicted octanol–water partition coefficient (Wildman–Crippen LogP) is 1.04. The summed E-state index contributed by atoms with van der Waals surface area (Å²) in [5, 5.41) is 16.7. The lowest BCUT2D eigenvalue weighted by Gasteiger charge is -2.11. The molecule has 6 nitrogen and oxygen atoms in total. The van der Waals surface area contributed by atoms with Crippen molar-refractivity contribution in [3.8, 4) is 5.69 Å². The van der Waals surface area contributed by atoms with E-state index in [1.165, 1.54) is 10.8 Å². The van der Waals surface area contributed by atoms with Crippen LogP contribution in [0.1, 0.15) is 17.5 Å². The summed E-state index contributed by atoms with van der Waals surface area (Å²) in [6.07, 6.45) is 2.16. The first kappa shape index (κ1) is 12.3. The van der Waals surface area contributed by atoms with E-state index in [2.05, 4.69) is 15.2 Å². The minimum atomic E-state index is -0.990. The van der Waals surface area contributed by atoms with Crippen LogP contribution in [0, 0.1) is 0 Å². The highest BCUT2D eigenvalue weighted by atomic mass is 16.3. The quantitative estimate of drug-likeness (QED) is 0.743. The van der Waals surface area contributed by atoms with E-state index in [0.717, 1.165) is 0 Å². The summed E-state index contributed by atoms with van der Waals surface area (Å²) in [5.41, 5.74) is 0.802. The Morgan fingerprint density at radius 2 is 1.95 bits per heavy atom. The molecule has 0 aliphatic rings. The van der Waals surface area contributed by atoms with Crippen molar-refractivity contribution in [1.29, 1.82) is 0 Å². The van der Waals surface area contributed by atoms with Crippen LogP contribution in [0.5, 0.6) is 0 Å². The Labute approximate surface area is 114 Å². The van der Waals surface area contributed by atoms with Crippen LogP contribution in [0.15, 0.2) is 59.7 Å². The second kappa shape index (κ2) is 5.10. The molecule has 0 fully saturated rings. The topological polar surface area (TPSA) is 83.8 Å². The van der Waals surface area contributed by atoms with Gasteiger partial charge in [-0.05, 0) is 17.7 Å². The molecule has 0 unspecified atom stereocenters. The van der Waals surface area contributed by atoms with Crippen LogP contribution in [0.2, 0.25) is 0 Å². The van der Waals surface area contributed by atoms with Gasteiger partial charge in [0.05, 0.1) is 11.9 Å². The van der Waals surface area contributed by atoms with Crippen LogP contribution in [0.4, 0.5) is 0 Å². The smallest absolute Gasteiger partial charge is 0.348 e. The molecule has 6 heteroatoms. The number of nitrogens with zero attached hydrogens (tertiary/aromatic N) is 3. The van der Waals surface area contributed by atoms with Gasteiger partial charge < -0.3 is 5.11 Å². The zero-order valence-electron chi connectivity index (χ0n) is 10.5. The molecule has 0 bridgehead atoms. The summed E-state index contributed by atoms with van der Waals surface area (Å²) in [7, 11) is 0. The summed E-state index contributed by atoms with van der Waals surface area (Å²) in [5.74, 6) is 0.231. The van der Waals surface area contributed by atoms with Crippen molar-refractivity contribution >= 4 is 0 Å². The van der Waals surface area contributed by atoms with Gasteiger partial charge in [-0.1, -0.05) is 30.3 Å². The van der Waals surface area contributed by atoms with E-state index in [9.17, 15) is 9.90 Å². The first-order chi connectivity index (χ1) is 9.77. The number of aliphatic hydroxyl groups excluding tert-OH is 1. The molecule has 0 radical (unpaired) electrons. The first-order valence-corrected chi connectivity index (χ1v) is 6.08. The maximum absolute atomic E-state index is 11.9. The largest absolute Gasteiger partial charge is 0.380 e. The fourth-order valence-corrected chi connectivity index (χ4v) is 2.01. The summed E-state index contributed by atoms with van der Waals surface area (Å²) in [6, 6.07) is 12.5. The van der Waals surface area contributed by atoms with E-state index in [-0.39, 0.29) is 5.82 Å². The Bertz CT molecular complexity index is 750. The number of rotatable bonds is 3. The number of aromatic nitrogens is 4. The van der Waals surface area contributed by atoms with Gasteiger partial charge in [-0.15, -0.1) is 0 Å². The third-order valence-electron chi connectivity index (χ3n) is 2.96. The lowest BCUT2D eigenvalue weighted by Crippen LogP contribution is -2.19. The summed E-state index contributed by atoms with van der Waals surface area (Å²) in [6.45, 7) is 0. The van der Waals surface area contributed by atoms with Gasteiger partial charge in [0.15, 0.2) is 5.82 Å². The minimum absolute atomic E-state index is 0.231. The second-order valence-electron chi connectivity index (χ2n) is 4.25. The van der Waals surface area contributed by atoms with Gasteiger partial charge in [-0.25, -0.2) is 14.5 Å². The van der Waals surface area contributed by atoms with E-state index in [4.69, 9.17) is 0 Å². The summed E-state index contributed by atoms with van der Waals surface area (Å²) >= 11 is 0. The molecular formula is C14H12N4O2. The molecule has 0 aliphatic heterocycles. The van der Waals surface area contributed by atoms with Crippen LogP contribution in [-0.4, -0.2) is 24.9 Å². The molecular weight excluding hydrogens is 256 g/mol. The molecule has 3 rings (SSSR count). The van der Waals surface area contributed by atoms with E-state index in [1.807, 2.05) is 18.2 Å². The highest BCUT2D eigenvalue weighted by molar-refractivity contribution is 5.31. The maximum atomic E-state index is 11.9. The summed E-state index contributed by atoms with van der Waals surface area (Å²) < 4.78 is 1.31. The number of aromatic amines is 1. The van der Waals surface area contributed by atoms with Gasteiger partial charge in [0.2, 0.25) is 0 Å². The Balaban J connectivity index is 2.10. The number of aliphatic hydroxyl groups is 1. The first-order valence-electron chi connectivity index (χ1n) is 6.08. The molecule has 1 aromatic carbocycles. The molecule has 2 N–H and O–H groups in total. The maximum Gasteiger partial charge on any atom is 0.348 e. The fourth-order valence-electron chi connectivity index (χ4n) is 2.01. The highest BCUT2D eigenvalue weighted by Gasteiger charge is 2.19. The zero-order chi connectivity index (χ0) is 13.9. The van der Waals surface area contributed by atoms with Crippen molar-refractivity contribution in [2.45, 2.75) is 6.10 Å². The van der Waals surface area contributed by atoms with Crippen molar-refractivity contribution in [2.75, 3.05) is 0 Å². The molecule has 2 aromatic heterocycles. The second-order valence-corrected chi connectivity index (χ2v) is 4.25. The van der Waals surface area contributed by atoms with Crippen molar-refractivity contribution < 1.29 is 5.11 Å². The van der Waals surface area contributed by atoms with E-state index in [1.54, 1.807) is 30.5 Å². The number of hydrogen-bond donors (Lipinski definition) is 2. The number of benzene rings is 1. The van der Waals surface area contributed by atoms with E-state index in [0.29, 0.717) is 11.3 Å². The molecule has 100 valence electrons. The van der Waals surface area contributed by atoms with E-state index < -0.39 is 11.8 Å². The molecule has 1 atom stereocenters. The number of pyridine rings is 1. The Kier molecular flexibility index (Phi) is 3.14. The lowest BCUT2D eigenvalue weighted by molar-refractivity contribution is 0.207. The molecule has 0 spiro atoms. The normalized spacial score (nSPS) is 12.2. The third kappa shape index (κ3) is 2.12. The number of hydrogen-bond acceptors (Lipinski definition) is 4. The average molecular weight is 268 g/mol. The van der Waals surface area contributed by atoms with Gasteiger partial charge in [-0.2, -0.15) is 5.10 Å². The number of H-pyrrole nitrogens is 1. The van der Waals surface area contributed by atoms with Crippen LogP contribution in [0.3, 0.4) is 0 Å². The van der Waals surface area contributed by atoms with Crippen molar-refractivity contribution in [3.05, 3.63) is 76.7 Å². The van der Waals surface area contributed by atoms with Gasteiger partial charge >= 0.3 is 5.69 Å². The van der Waals surface area contributed by atoms with Crippen molar-refractivity contribution in [2.24, 2.45) is 0 Å². The standard InChI is InChI=1S/C14H12N4O2/c19-12(10-5-2-1-3-6-10)13-16-17-14(20)18(13)11-7-4-8-15-9-11/h1-9,12,19H,(H,17,20)/t12-/m1/s1. The van der Waals surface area contributed by atoms with Gasteiger partial charge in [0.1, 0.15) is 6.10 Å². The van der Waals surface area contributed by atoms with Gasteiger partial charge in [-0.3, -0.25) is 4.98 Å².